The fourth-order valence-electron chi connectivity index (χ4n) is 3.65. The molecule has 0 saturated heterocycles. The molecule has 0 aliphatic heterocycles. The van der Waals surface area contributed by atoms with Gasteiger partial charge in [0.2, 0.25) is 0 Å². The van der Waals surface area contributed by atoms with Crippen molar-refractivity contribution in [2.75, 3.05) is 79.2 Å². The van der Waals surface area contributed by atoms with E-state index in [1.54, 1.807) is 18.7 Å². The predicted octanol–water partition coefficient (Wildman–Crippen LogP) is 6.23. The second-order valence-corrected chi connectivity index (χ2v) is 12.6. The van der Waals surface area contributed by atoms with Crippen molar-refractivity contribution in [3.05, 3.63) is 35.9 Å². The zero-order valence-electron chi connectivity index (χ0n) is 31.1. The second-order valence-electron chi connectivity index (χ2n) is 11.5. The molecule has 0 aromatic heterocycles. The van der Waals surface area contributed by atoms with Crippen molar-refractivity contribution in [1.82, 2.24) is 15.1 Å². The van der Waals surface area contributed by atoms with Crippen LogP contribution in [0.4, 0.5) is 0 Å². The highest BCUT2D eigenvalue weighted by molar-refractivity contribution is 7.99. The van der Waals surface area contributed by atoms with Gasteiger partial charge in [-0.05, 0) is 72.4 Å². The fourth-order valence-corrected chi connectivity index (χ4v) is 4.74. The number of carbonyl (C=O) groups is 4. The number of esters is 3. The molecule has 1 aromatic carbocycles. The zero-order valence-corrected chi connectivity index (χ0v) is 31.9. The Labute approximate surface area is 327 Å². The lowest BCUT2D eigenvalue weighted by Crippen LogP contribution is -2.28. The predicted molar refractivity (Wildman–Crippen MR) is 218 cm³/mol. The van der Waals surface area contributed by atoms with Crippen molar-refractivity contribution in [2.24, 2.45) is 5.41 Å². The van der Waals surface area contributed by atoms with Crippen LogP contribution in [0.3, 0.4) is 0 Å². The standard InChI is InChI=1S/C19H35NO7S.C11H15NO.C4H11N.CO2.4CH4/c1-6-9-20(4)10-7-16(22)26-12-15(21)13-27-17(23)8-11-28-14-19(2,3)18(24)25-5;1-3-9-12(2)11(13)10-7-5-4-6-8-10;1-3-4-5-2;2-1-3;;;;/h15,21H,6-14H2,1-5H3;4-8H,3,9H2,1-2H3;5H,3-4H2,1-2H3;;4*1H4. The van der Waals surface area contributed by atoms with E-state index in [0.29, 0.717) is 18.1 Å². The molecule has 1 atom stereocenters. The molecule has 14 heteroatoms. The van der Waals surface area contributed by atoms with Crippen LogP contribution in [0.2, 0.25) is 0 Å². The highest BCUT2D eigenvalue weighted by atomic mass is 32.2. The fraction of sp³-hybridized carbons (Fsp3) is 0.718. The first-order chi connectivity index (χ1) is 23.2. The van der Waals surface area contributed by atoms with Gasteiger partial charge in [-0.25, -0.2) is 0 Å². The average Bonchev–Trinajstić information content (AvgIpc) is 3.08. The van der Waals surface area contributed by atoms with Gasteiger partial charge in [0.1, 0.15) is 19.3 Å². The number of methoxy groups -OCH3 is 1. The third-order valence-electron chi connectivity index (χ3n) is 6.25. The van der Waals surface area contributed by atoms with Crippen LogP contribution in [0.5, 0.6) is 0 Å². The van der Waals surface area contributed by atoms with Crippen LogP contribution in [0.1, 0.15) is 107 Å². The van der Waals surface area contributed by atoms with E-state index < -0.39 is 23.5 Å². The van der Waals surface area contributed by atoms with Gasteiger partial charge in [0.05, 0.1) is 25.4 Å². The third-order valence-corrected chi connectivity index (χ3v) is 7.67. The van der Waals surface area contributed by atoms with Gasteiger partial charge in [0, 0.05) is 37.2 Å². The largest absolute Gasteiger partial charge is 0.469 e. The number of carbonyl (C=O) groups excluding carboxylic acids is 6. The lowest BCUT2D eigenvalue weighted by Gasteiger charge is -2.20. The van der Waals surface area contributed by atoms with Gasteiger partial charge in [-0.2, -0.15) is 21.4 Å². The molecule has 0 fully saturated rings. The molecule has 0 aliphatic rings. The smallest absolute Gasteiger partial charge is 0.373 e. The Kier molecular flexibility index (Phi) is 52.6. The van der Waals surface area contributed by atoms with Crippen molar-refractivity contribution in [3.8, 4) is 0 Å². The third kappa shape index (κ3) is 39.7. The number of amides is 1. The van der Waals surface area contributed by atoms with Crippen LogP contribution < -0.4 is 5.32 Å². The van der Waals surface area contributed by atoms with Gasteiger partial charge in [-0.15, -0.1) is 0 Å². The average molecular weight is 780 g/mol. The second kappa shape index (κ2) is 43.1. The summed E-state index contributed by atoms with van der Waals surface area (Å²) in [6.45, 7) is 12.9. The molecule has 314 valence electrons. The van der Waals surface area contributed by atoms with Gasteiger partial charge < -0.3 is 34.4 Å². The van der Waals surface area contributed by atoms with Crippen LogP contribution in [0, 0.1) is 5.41 Å². The van der Waals surface area contributed by atoms with E-state index in [-0.39, 0.29) is 73.8 Å². The molecule has 1 unspecified atom stereocenters. The highest BCUT2D eigenvalue weighted by Crippen LogP contribution is 2.23. The normalized spacial score (nSPS) is 9.94. The minimum Gasteiger partial charge on any atom is -0.469 e. The highest BCUT2D eigenvalue weighted by Gasteiger charge is 2.28. The minimum absolute atomic E-state index is 0. The molecule has 0 aliphatic carbocycles. The molecule has 0 radical (unpaired) electrons. The summed E-state index contributed by atoms with van der Waals surface area (Å²) in [5, 5.41) is 12.8. The number of rotatable bonds is 20. The van der Waals surface area contributed by atoms with Crippen LogP contribution >= 0.6 is 11.8 Å². The summed E-state index contributed by atoms with van der Waals surface area (Å²) in [5.41, 5.74) is 0.146. The summed E-state index contributed by atoms with van der Waals surface area (Å²) in [4.78, 5) is 66.5. The number of nitrogens with zero attached hydrogens (tertiary/aromatic N) is 2. The molecular weight excluding hydrogens is 703 g/mol. The Morgan fingerprint density at radius 2 is 1.34 bits per heavy atom. The van der Waals surface area contributed by atoms with E-state index in [0.717, 1.165) is 38.0 Å². The topological polar surface area (TPSA) is 169 Å². The Hall–Kier alpha value is -3.29. The van der Waals surface area contributed by atoms with Gasteiger partial charge in [0.25, 0.3) is 5.91 Å². The first-order valence-electron chi connectivity index (χ1n) is 16.5. The van der Waals surface area contributed by atoms with Crippen molar-refractivity contribution in [1.29, 1.82) is 0 Å². The van der Waals surface area contributed by atoms with Gasteiger partial charge in [-0.1, -0.05) is 68.7 Å². The quantitative estimate of drug-likeness (QED) is 0.0869. The van der Waals surface area contributed by atoms with E-state index in [2.05, 4.69) is 26.1 Å². The maximum Gasteiger partial charge on any atom is 0.373 e. The van der Waals surface area contributed by atoms with E-state index in [9.17, 15) is 24.3 Å². The number of nitrogens with one attached hydrogen (secondary N) is 1. The summed E-state index contributed by atoms with van der Waals surface area (Å²) < 4.78 is 14.7. The molecule has 53 heavy (non-hydrogen) atoms. The summed E-state index contributed by atoms with van der Waals surface area (Å²) in [7, 11) is 7.07. The molecule has 13 nitrogen and oxygen atoms in total. The maximum absolute atomic E-state index is 11.7. The lowest BCUT2D eigenvalue weighted by atomic mass is 9.97. The van der Waals surface area contributed by atoms with Crippen LogP contribution in [-0.2, 0) is 38.2 Å². The van der Waals surface area contributed by atoms with Crippen molar-refractivity contribution in [2.45, 2.75) is 103 Å². The van der Waals surface area contributed by atoms with E-state index in [4.69, 9.17) is 23.8 Å². The summed E-state index contributed by atoms with van der Waals surface area (Å²) in [6.07, 6.45) is 2.86. The summed E-state index contributed by atoms with van der Waals surface area (Å²) in [6, 6.07) is 9.36. The number of thioether (sulfide) groups is 1. The molecule has 0 bridgehead atoms. The van der Waals surface area contributed by atoms with Crippen LogP contribution in [0.15, 0.2) is 30.3 Å². The number of hydrogen-bond acceptors (Lipinski definition) is 13. The SMILES string of the molecule is C.C.C.C.CCCN(C)C(=O)c1ccccc1.CCCN(C)CCC(=O)OCC(O)COC(=O)CCSCC(C)(C)C(=O)OC.CCCNC.O=C=O. The number of hydrogen-bond donors (Lipinski definition) is 2. The van der Waals surface area contributed by atoms with Crippen molar-refractivity contribution >= 4 is 41.7 Å². The number of aliphatic hydroxyl groups excluding tert-OH is 1. The molecule has 2 N–H and O–H groups in total. The molecule has 1 aromatic rings. The molecular formula is C39H77N3O10S. The van der Waals surface area contributed by atoms with E-state index >= 15 is 0 Å². The number of aliphatic hydroxyl groups is 1. The summed E-state index contributed by atoms with van der Waals surface area (Å²) in [5.74, 6) is -0.0122. The Bertz CT molecular complexity index is 1040. The first kappa shape index (κ1) is 64.7. The van der Waals surface area contributed by atoms with Crippen LogP contribution in [0.25, 0.3) is 0 Å². The van der Waals surface area contributed by atoms with Gasteiger partial charge in [0.15, 0.2) is 0 Å². The van der Waals surface area contributed by atoms with Crippen molar-refractivity contribution in [3.63, 3.8) is 0 Å². The first-order valence-corrected chi connectivity index (χ1v) is 17.6. The van der Waals surface area contributed by atoms with Crippen molar-refractivity contribution < 1.29 is 48.1 Å². The monoisotopic (exact) mass is 780 g/mol. The lowest BCUT2D eigenvalue weighted by molar-refractivity contribution is -0.191. The van der Waals surface area contributed by atoms with Crippen LogP contribution in [-0.4, -0.2) is 130 Å². The molecule has 0 saturated carbocycles. The molecule has 1 amide bonds. The number of ether oxygens (including phenoxy) is 3. The molecule has 0 spiro atoms. The Balaban J connectivity index is -0.000000141. The molecule has 1 rings (SSSR count). The Morgan fingerprint density at radius 1 is 0.849 bits per heavy atom. The van der Waals surface area contributed by atoms with E-state index in [1.807, 2.05) is 56.4 Å². The maximum atomic E-state index is 11.7. The van der Waals surface area contributed by atoms with E-state index in [1.165, 1.54) is 25.3 Å². The Morgan fingerprint density at radius 3 is 1.75 bits per heavy atom. The van der Waals surface area contributed by atoms with Gasteiger partial charge in [-0.3, -0.25) is 19.2 Å². The summed E-state index contributed by atoms with van der Waals surface area (Å²) >= 11 is 1.45. The zero-order chi connectivity index (χ0) is 38.1. The number of benzene rings is 1. The molecule has 0 heterocycles. The van der Waals surface area contributed by atoms with Gasteiger partial charge >= 0.3 is 24.1 Å². The minimum atomic E-state index is -1.05.